The fourth-order valence-electron chi connectivity index (χ4n) is 3.93. The molecular weight excluding hydrogens is 528 g/mol. The maximum atomic E-state index is 13.8. The average molecular weight is 550 g/mol. The molecule has 4 rings (SSSR count). The maximum Gasteiger partial charge on any atom is 0.320 e. The van der Waals surface area contributed by atoms with Crippen LogP contribution in [0.15, 0.2) is 82.8 Å². The Labute approximate surface area is 216 Å². The Morgan fingerprint density at radius 3 is 2.31 bits per heavy atom. The first-order valence-corrected chi connectivity index (χ1v) is 11.9. The molecule has 0 saturated heterocycles. The first kappa shape index (κ1) is 25.0. The number of halogens is 1. The predicted molar refractivity (Wildman–Crippen MR) is 134 cm³/mol. The van der Waals surface area contributed by atoms with Gasteiger partial charge in [0, 0.05) is 5.56 Å². The number of nitrogens with one attached hydrogen (secondary N) is 2. The van der Waals surface area contributed by atoms with Gasteiger partial charge in [0.05, 0.1) is 34.4 Å². The number of hydrogen-bond donors (Lipinski definition) is 2. The van der Waals surface area contributed by atoms with Crippen molar-refractivity contribution in [3.63, 3.8) is 0 Å². The molecule has 0 radical (unpaired) electrons. The molecule has 2 N–H and O–H groups in total. The molecule has 0 fully saturated rings. The van der Waals surface area contributed by atoms with Gasteiger partial charge in [-0.2, -0.15) is 0 Å². The summed E-state index contributed by atoms with van der Waals surface area (Å²) in [5.41, 5.74) is 2.40. The highest BCUT2D eigenvalue weighted by Gasteiger charge is 2.34. The minimum absolute atomic E-state index is 0.174. The molecule has 0 unspecified atom stereocenters. The molecule has 1 aliphatic rings. The molecule has 1 atom stereocenters. The van der Waals surface area contributed by atoms with Crippen molar-refractivity contribution in [2.75, 3.05) is 13.2 Å². The van der Waals surface area contributed by atoms with E-state index in [0.29, 0.717) is 32.4 Å². The van der Waals surface area contributed by atoms with E-state index in [9.17, 15) is 19.5 Å². The van der Waals surface area contributed by atoms with Crippen LogP contribution in [-0.2, 0) is 4.79 Å². The van der Waals surface area contributed by atoms with Gasteiger partial charge in [0.15, 0.2) is 17.3 Å². The average Bonchev–Trinajstić information content (AvgIpc) is 2.88. The Morgan fingerprint density at radius 1 is 1.00 bits per heavy atom. The van der Waals surface area contributed by atoms with Gasteiger partial charge in [-0.3, -0.25) is 4.79 Å². The van der Waals surface area contributed by atoms with E-state index in [4.69, 9.17) is 9.47 Å². The van der Waals surface area contributed by atoms with Crippen LogP contribution >= 0.6 is 15.9 Å². The summed E-state index contributed by atoms with van der Waals surface area (Å²) >= 11 is 3.41. The predicted octanol–water partition coefficient (Wildman–Crippen LogP) is 3.62. The van der Waals surface area contributed by atoms with E-state index in [1.165, 1.54) is 0 Å². The number of carbonyl (C=O) groups excluding carboxylic acids is 3. The van der Waals surface area contributed by atoms with E-state index < -0.39 is 24.6 Å². The molecule has 0 aromatic heterocycles. The standard InChI is InChI=1S/C27H23BrN2O6/c1-2-35-20-14-18(13-19(28)26(20)36-15-21(31)32)24-22(25(33)17-11-7-4-8-12-17)23(29-27(34)30-24)16-9-5-3-6-10-16/h3-14,24H,2,15H2,1H3,(H,31,32)(H2,29,30,34)/p-1/t24-/m0/s1. The molecule has 3 aromatic rings. The molecule has 0 spiro atoms. The van der Waals surface area contributed by atoms with Crippen LogP contribution in [0, 0.1) is 0 Å². The third kappa shape index (κ3) is 5.41. The Kier molecular flexibility index (Phi) is 7.70. The lowest BCUT2D eigenvalue weighted by Gasteiger charge is -2.31. The van der Waals surface area contributed by atoms with Gasteiger partial charge in [-0.05, 0) is 46.1 Å². The van der Waals surface area contributed by atoms with Crippen LogP contribution in [0.2, 0.25) is 0 Å². The van der Waals surface area contributed by atoms with E-state index >= 15 is 0 Å². The number of carbonyl (C=O) groups is 3. The van der Waals surface area contributed by atoms with Gasteiger partial charge in [0.1, 0.15) is 6.61 Å². The first-order valence-electron chi connectivity index (χ1n) is 11.1. The highest BCUT2D eigenvalue weighted by molar-refractivity contribution is 9.10. The van der Waals surface area contributed by atoms with Gasteiger partial charge < -0.3 is 30.0 Å². The van der Waals surface area contributed by atoms with Crippen LogP contribution in [0.3, 0.4) is 0 Å². The minimum Gasteiger partial charge on any atom is -0.546 e. The fourth-order valence-corrected chi connectivity index (χ4v) is 4.50. The Hall–Kier alpha value is -4.11. The maximum absolute atomic E-state index is 13.8. The van der Waals surface area contributed by atoms with Crippen molar-refractivity contribution in [1.29, 1.82) is 0 Å². The zero-order chi connectivity index (χ0) is 25.7. The number of benzene rings is 3. The number of carboxylic acids is 1. The van der Waals surface area contributed by atoms with Gasteiger partial charge in [-0.15, -0.1) is 0 Å². The van der Waals surface area contributed by atoms with Crippen molar-refractivity contribution in [3.05, 3.63) is 99.5 Å². The second kappa shape index (κ2) is 11.1. The lowest BCUT2D eigenvalue weighted by atomic mass is 9.87. The lowest BCUT2D eigenvalue weighted by molar-refractivity contribution is -0.307. The first-order chi connectivity index (χ1) is 17.4. The number of aliphatic carboxylic acids is 1. The molecule has 1 aliphatic heterocycles. The van der Waals surface area contributed by atoms with E-state index in [1.807, 2.05) is 36.4 Å². The van der Waals surface area contributed by atoms with Crippen LogP contribution in [0.4, 0.5) is 4.79 Å². The van der Waals surface area contributed by atoms with Crippen molar-refractivity contribution in [3.8, 4) is 11.5 Å². The monoisotopic (exact) mass is 549 g/mol. The zero-order valence-electron chi connectivity index (χ0n) is 19.2. The molecule has 0 saturated carbocycles. The molecule has 36 heavy (non-hydrogen) atoms. The van der Waals surface area contributed by atoms with Crippen molar-refractivity contribution < 1.29 is 29.0 Å². The van der Waals surface area contributed by atoms with Crippen LogP contribution in [0.25, 0.3) is 5.70 Å². The number of ketones is 1. The number of urea groups is 1. The van der Waals surface area contributed by atoms with Crippen LogP contribution < -0.4 is 25.2 Å². The molecular formula is C27H22BrN2O6-. The van der Waals surface area contributed by atoms with Crippen molar-refractivity contribution in [1.82, 2.24) is 10.6 Å². The number of amides is 2. The third-order valence-corrected chi connectivity index (χ3v) is 6.00. The summed E-state index contributed by atoms with van der Waals surface area (Å²) in [5.74, 6) is -1.22. The van der Waals surface area contributed by atoms with Crippen molar-refractivity contribution >= 4 is 39.4 Å². The second-order valence-electron chi connectivity index (χ2n) is 7.81. The Morgan fingerprint density at radius 2 is 1.67 bits per heavy atom. The Bertz CT molecular complexity index is 1320. The molecule has 184 valence electrons. The van der Waals surface area contributed by atoms with E-state index in [0.717, 1.165) is 0 Å². The van der Waals surface area contributed by atoms with E-state index in [2.05, 4.69) is 26.6 Å². The van der Waals surface area contributed by atoms with Crippen LogP contribution in [0.5, 0.6) is 11.5 Å². The number of ether oxygens (including phenoxy) is 2. The molecule has 2 amide bonds. The molecule has 9 heteroatoms. The van der Waals surface area contributed by atoms with E-state index in [-0.39, 0.29) is 23.9 Å². The number of Topliss-reactive ketones (excluding diaryl/α,β-unsaturated/α-hetero) is 1. The number of carboxylic acid groups (broad SMARTS) is 1. The van der Waals surface area contributed by atoms with Gasteiger partial charge in [-0.25, -0.2) is 4.79 Å². The summed E-state index contributed by atoms with van der Waals surface area (Å²) in [6.07, 6.45) is 0. The lowest BCUT2D eigenvalue weighted by Crippen LogP contribution is -2.45. The Balaban J connectivity index is 1.90. The van der Waals surface area contributed by atoms with Crippen molar-refractivity contribution in [2.24, 2.45) is 0 Å². The molecule has 0 bridgehead atoms. The molecule has 1 heterocycles. The van der Waals surface area contributed by atoms with Gasteiger partial charge >= 0.3 is 6.03 Å². The number of rotatable bonds is 9. The highest BCUT2D eigenvalue weighted by Crippen LogP contribution is 2.41. The third-order valence-electron chi connectivity index (χ3n) is 5.41. The summed E-state index contributed by atoms with van der Waals surface area (Å²) in [7, 11) is 0. The zero-order valence-corrected chi connectivity index (χ0v) is 20.8. The summed E-state index contributed by atoms with van der Waals surface area (Å²) in [6.45, 7) is 1.38. The smallest absolute Gasteiger partial charge is 0.320 e. The normalized spacial score (nSPS) is 15.1. The van der Waals surface area contributed by atoms with Crippen LogP contribution in [-0.4, -0.2) is 31.0 Å². The summed E-state index contributed by atoms with van der Waals surface area (Å²) in [4.78, 5) is 37.5. The highest BCUT2D eigenvalue weighted by atomic mass is 79.9. The molecule has 0 aliphatic carbocycles. The van der Waals surface area contributed by atoms with Gasteiger partial charge in [0.2, 0.25) is 0 Å². The van der Waals surface area contributed by atoms with Crippen LogP contribution in [0.1, 0.15) is 34.5 Å². The molecule has 3 aromatic carbocycles. The van der Waals surface area contributed by atoms with E-state index in [1.54, 1.807) is 43.3 Å². The van der Waals surface area contributed by atoms with Crippen molar-refractivity contribution in [2.45, 2.75) is 13.0 Å². The minimum atomic E-state index is -1.38. The quantitative estimate of drug-likeness (QED) is 0.393. The number of hydrogen-bond acceptors (Lipinski definition) is 6. The SMILES string of the molecule is CCOc1cc([C@@H]2NC(=O)NC(c3ccccc3)=C2C(=O)c2ccccc2)cc(Br)c1OCC(=O)[O-]. The second-order valence-corrected chi connectivity index (χ2v) is 8.66. The molecule has 8 nitrogen and oxygen atoms in total. The summed E-state index contributed by atoms with van der Waals surface area (Å²) in [5, 5.41) is 16.6. The fraction of sp³-hybridized carbons (Fsp3) is 0.148. The summed E-state index contributed by atoms with van der Waals surface area (Å²) in [6, 6.07) is 19.9. The summed E-state index contributed by atoms with van der Waals surface area (Å²) < 4.78 is 11.5. The topological polar surface area (TPSA) is 117 Å². The van der Waals surface area contributed by atoms with Gasteiger partial charge in [0.25, 0.3) is 0 Å². The van der Waals surface area contributed by atoms with Gasteiger partial charge in [-0.1, -0.05) is 60.7 Å². The largest absolute Gasteiger partial charge is 0.546 e.